The van der Waals surface area contributed by atoms with Crippen LogP contribution in [0.15, 0.2) is 28.9 Å². The summed E-state index contributed by atoms with van der Waals surface area (Å²) in [4.78, 5) is 18.9. The van der Waals surface area contributed by atoms with Crippen LogP contribution in [0.3, 0.4) is 0 Å². The van der Waals surface area contributed by atoms with E-state index in [4.69, 9.17) is 4.74 Å². The van der Waals surface area contributed by atoms with Gasteiger partial charge in [0.25, 0.3) is 0 Å². The van der Waals surface area contributed by atoms with Crippen molar-refractivity contribution in [3.63, 3.8) is 0 Å². The first-order valence-corrected chi connectivity index (χ1v) is 9.36. The Balaban J connectivity index is 2.06. The number of hydrogen-bond donors (Lipinski definition) is 0. The number of fused-ring (bicyclic) bond motifs is 1. The highest BCUT2D eigenvalue weighted by Gasteiger charge is 2.33. The Kier molecular flexibility index (Phi) is 5.39. The van der Waals surface area contributed by atoms with Crippen molar-refractivity contribution >= 4 is 38.5 Å². The van der Waals surface area contributed by atoms with Gasteiger partial charge in [0.05, 0.1) is 7.11 Å². The third kappa shape index (κ3) is 3.27. The fraction of sp³-hybridized carbons (Fsp3) is 0.474. The summed E-state index contributed by atoms with van der Waals surface area (Å²) >= 11 is 3.60. The molecule has 0 radical (unpaired) electrons. The number of ether oxygens (including phenoxy) is 1. The van der Waals surface area contributed by atoms with Crippen molar-refractivity contribution < 1.29 is 9.53 Å². The average molecular weight is 391 g/mol. The van der Waals surface area contributed by atoms with E-state index in [1.165, 1.54) is 25.5 Å². The number of anilines is 1. The number of carbonyl (C=O) groups is 1. The van der Waals surface area contributed by atoms with Gasteiger partial charge in [-0.05, 0) is 53.2 Å². The Hall–Kier alpha value is -1.62. The van der Waals surface area contributed by atoms with Crippen LogP contribution < -0.4 is 4.90 Å². The summed E-state index contributed by atoms with van der Waals surface area (Å²) in [7, 11) is 1.45. The topological polar surface area (TPSA) is 42.4 Å². The molecule has 1 atom stereocenters. The second kappa shape index (κ2) is 7.51. The molecule has 128 valence electrons. The Labute approximate surface area is 151 Å². The molecular formula is C19H23BrN2O2. The first-order chi connectivity index (χ1) is 11.7. The number of aryl methyl sites for hydroxylation is 1. The van der Waals surface area contributed by atoms with Crippen LogP contribution >= 0.6 is 15.9 Å². The maximum absolute atomic E-state index is 12.1. The summed E-state index contributed by atoms with van der Waals surface area (Å²) in [5.41, 5.74) is 1.32. The fourth-order valence-corrected chi connectivity index (χ4v) is 3.86. The summed E-state index contributed by atoms with van der Waals surface area (Å²) in [6.45, 7) is 3.04. The zero-order chi connectivity index (χ0) is 17.1. The number of methoxy groups -OCH3 is 1. The molecule has 3 rings (SSSR count). The van der Waals surface area contributed by atoms with Crippen molar-refractivity contribution in [3.8, 4) is 0 Å². The van der Waals surface area contributed by atoms with Crippen molar-refractivity contribution in [2.75, 3.05) is 18.6 Å². The number of benzene rings is 1. The van der Waals surface area contributed by atoms with Crippen LogP contribution in [0, 0.1) is 0 Å². The summed E-state index contributed by atoms with van der Waals surface area (Å²) in [6, 6.07) is 6.34. The third-order valence-corrected chi connectivity index (χ3v) is 5.33. The van der Waals surface area contributed by atoms with Gasteiger partial charge in [0.1, 0.15) is 11.9 Å². The number of rotatable bonds is 5. The van der Waals surface area contributed by atoms with Crippen molar-refractivity contribution in [1.29, 1.82) is 0 Å². The number of hydrogen-bond acceptors (Lipinski definition) is 4. The third-order valence-electron chi connectivity index (χ3n) is 4.70. The zero-order valence-corrected chi connectivity index (χ0v) is 15.8. The van der Waals surface area contributed by atoms with Gasteiger partial charge in [-0.2, -0.15) is 0 Å². The molecule has 24 heavy (non-hydrogen) atoms. The number of esters is 1. The van der Waals surface area contributed by atoms with Crippen LogP contribution in [0.2, 0.25) is 0 Å². The molecule has 1 fully saturated rings. The van der Waals surface area contributed by atoms with Crippen molar-refractivity contribution in [3.05, 3.63) is 34.4 Å². The lowest BCUT2D eigenvalue weighted by Crippen LogP contribution is -2.37. The normalized spacial score (nSPS) is 17.5. The number of unbranched alkanes of at least 4 members (excludes halogenated alkanes) is 1. The minimum absolute atomic E-state index is 0.174. The molecule has 0 spiro atoms. The highest BCUT2D eigenvalue weighted by Crippen LogP contribution is 2.35. The van der Waals surface area contributed by atoms with Gasteiger partial charge >= 0.3 is 5.97 Å². The molecule has 0 N–H and O–H groups in total. The standard InChI is InChI=1S/C19H23BrN2O2/c1-3-4-6-13-8-9-14-15(11-13)18(21-12-16(14)20)22-10-5-7-17(22)19(23)24-2/h8-9,11-12,17H,3-7,10H2,1-2H3. The quantitative estimate of drug-likeness (QED) is 0.705. The van der Waals surface area contributed by atoms with Crippen molar-refractivity contribution in [1.82, 2.24) is 4.98 Å². The molecule has 1 aromatic carbocycles. The molecule has 5 heteroatoms. The Morgan fingerprint density at radius 2 is 2.25 bits per heavy atom. The van der Waals surface area contributed by atoms with Gasteiger partial charge in [-0.15, -0.1) is 0 Å². The van der Waals surface area contributed by atoms with Crippen LogP contribution in [0.25, 0.3) is 10.8 Å². The first kappa shape index (κ1) is 17.2. The molecule has 0 bridgehead atoms. The molecule has 2 heterocycles. The number of carbonyl (C=O) groups excluding carboxylic acids is 1. The second-order valence-electron chi connectivity index (χ2n) is 6.29. The minimum atomic E-state index is -0.230. The number of halogens is 1. The fourth-order valence-electron chi connectivity index (χ4n) is 3.41. The maximum Gasteiger partial charge on any atom is 0.328 e. The summed E-state index contributed by atoms with van der Waals surface area (Å²) in [5, 5.41) is 2.24. The van der Waals surface area contributed by atoms with Gasteiger partial charge in [-0.3, -0.25) is 0 Å². The smallest absolute Gasteiger partial charge is 0.328 e. The highest BCUT2D eigenvalue weighted by atomic mass is 79.9. The lowest BCUT2D eigenvalue weighted by molar-refractivity contribution is -0.141. The monoisotopic (exact) mass is 390 g/mol. The largest absolute Gasteiger partial charge is 0.467 e. The van der Waals surface area contributed by atoms with Crippen LogP contribution in [0.1, 0.15) is 38.2 Å². The number of aromatic nitrogens is 1. The molecule has 0 aliphatic carbocycles. The molecule has 4 nitrogen and oxygen atoms in total. The Morgan fingerprint density at radius 3 is 3.00 bits per heavy atom. The molecule has 0 saturated carbocycles. The first-order valence-electron chi connectivity index (χ1n) is 8.57. The molecule has 1 unspecified atom stereocenters. The second-order valence-corrected chi connectivity index (χ2v) is 7.14. The van der Waals surface area contributed by atoms with E-state index < -0.39 is 0 Å². The summed E-state index contributed by atoms with van der Waals surface area (Å²) in [6.07, 6.45) is 7.06. The van der Waals surface area contributed by atoms with Gasteiger partial charge in [0, 0.05) is 28.0 Å². The van der Waals surface area contributed by atoms with E-state index in [1.807, 2.05) is 6.20 Å². The van der Waals surface area contributed by atoms with Crippen molar-refractivity contribution in [2.45, 2.75) is 45.1 Å². The number of pyridine rings is 1. The van der Waals surface area contributed by atoms with E-state index in [0.717, 1.165) is 46.9 Å². The van der Waals surface area contributed by atoms with Crippen LogP contribution in [0.4, 0.5) is 5.82 Å². The van der Waals surface area contributed by atoms with Crippen LogP contribution in [0.5, 0.6) is 0 Å². The molecule has 0 amide bonds. The predicted octanol–water partition coefficient (Wildman–Crippen LogP) is 4.48. The SMILES string of the molecule is CCCCc1ccc2c(Br)cnc(N3CCCC3C(=O)OC)c2c1. The van der Waals surface area contributed by atoms with Crippen LogP contribution in [-0.4, -0.2) is 30.6 Å². The van der Waals surface area contributed by atoms with Gasteiger partial charge in [0.2, 0.25) is 0 Å². The highest BCUT2D eigenvalue weighted by molar-refractivity contribution is 9.10. The molecule has 2 aromatic rings. The Morgan fingerprint density at radius 1 is 1.42 bits per heavy atom. The van der Waals surface area contributed by atoms with Gasteiger partial charge in [-0.1, -0.05) is 25.5 Å². The zero-order valence-electron chi connectivity index (χ0n) is 14.2. The molecule has 1 aromatic heterocycles. The lowest BCUT2D eigenvalue weighted by Gasteiger charge is -2.25. The molecular weight excluding hydrogens is 368 g/mol. The van der Waals surface area contributed by atoms with E-state index in [9.17, 15) is 4.79 Å². The molecule has 1 saturated heterocycles. The van der Waals surface area contributed by atoms with Gasteiger partial charge < -0.3 is 9.64 Å². The van der Waals surface area contributed by atoms with Gasteiger partial charge in [-0.25, -0.2) is 9.78 Å². The van der Waals surface area contributed by atoms with Crippen molar-refractivity contribution in [2.24, 2.45) is 0 Å². The molecule has 1 aliphatic rings. The minimum Gasteiger partial charge on any atom is -0.467 e. The summed E-state index contributed by atoms with van der Waals surface area (Å²) in [5.74, 6) is 0.715. The maximum atomic E-state index is 12.1. The van der Waals surface area contributed by atoms with E-state index >= 15 is 0 Å². The predicted molar refractivity (Wildman–Crippen MR) is 100 cm³/mol. The van der Waals surface area contributed by atoms with Gasteiger partial charge in [0.15, 0.2) is 0 Å². The lowest BCUT2D eigenvalue weighted by atomic mass is 10.0. The van der Waals surface area contributed by atoms with E-state index in [2.05, 4.69) is 50.9 Å². The van der Waals surface area contributed by atoms with Crippen LogP contribution in [-0.2, 0) is 16.0 Å². The summed E-state index contributed by atoms with van der Waals surface area (Å²) < 4.78 is 5.96. The Bertz CT molecular complexity index is 747. The average Bonchev–Trinajstić information content (AvgIpc) is 3.09. The molecule has 1 aliphatic heterocycles. The van der Waals surface area contributed by atoms with E-state index in [1.54, 1.807) is 0 Å². The number of nitrogens with zero attached hydrogens (tertiary/aromatic N) is 2. The van der Waals surface area contributed by atoms with E-state index in [0.29, 0.717) is 0 Å². The van der Waals surface area contributed by atoms with E-state index in [-0.39, 0.29) is 12.0 Å².